The molecule has 5 nitrogen and oxygen atoms in total. The molecule has 6 heteroatoms. The van der Waals surface area contributed by atoms with Crippen molar-refractivity contribution in [1.29, 1.82) is 0 Å². The Balaban J connectivity index is 2.19. The maximum Gasteiger partial charge on any atom is 0.275 e. The average Bonchev–Trinajstić information content (AvgIpc) is 2.40. The van der Waals surface area contributed by atoms with E-state index >= 15 is 0 Å². The molecule has 2 rings (SSSR count). The molecule has 0 radical (unpaired) electrons. The van der Waals surface area contributed by atoms with Crippen molar-refractivity contribution in [3.8, 4) is 0 Å². The van der Waals surface area contributed by atoms with Crippen LogP contribution in [0.25, 0.3) is 0 Å². The third-order valence-electron chi connectivity index (χ3n) is 2.04. The van der Waals surface area contributed by atoms with Crippen LogP contribution < -0.4 is 5.32 Å². The van der Waals surface area contributed by atoms with E-state index in [0.717, 1.165) is 4.90 Å². The summed E-state index contributed by atoms with van der Waals surface area (Å²) >= 11 is 1.52. The van der Waals surface area contributed by atoms with Crippen molar-refractivity contribution in [1.82, 2.24) is 15.0 Å². The second-order valence-corrected chi connectivity index (χ2v) is 3.95. The summed E-state index contributed by atoms with van der Waals surface area (Å²) < 4.78 is 0. The Morgan fingerprint density at radius 2 is 2.18 bits per heavy atom. The zero-order valence-corrected chi connectivity index (χ0v) is 9.94. The van der Waals surface area contributed by atoms with Crippen LogP contribution >= 0.6 is 11.8 Å². The minimum atomic E-state index is -0.290. The summed E-state index contributed by atoms with van der Waals surface area (Å²) in [6.45, 7) is 0. The molecule has 0 spiro atoms. The van der Waals surface area contributed by atoms with E-state index in [1.165, 1.54) is 24.3 Å². The zero-order chi connectivity index (χ0) is 12.1. The van der Waals surface area contributed by atoms with Crippen molar-refractivity contribution in [2.24, 2.45) is 0 Å². The topological polar surface area (TPSA) is 67.8 Å². The van der Waals surface area contributed by atoms with Gasteiger partial charge in [-0.3, -0.25) is 4.79 Å². The second kappa shape index (κ2) is 5.40. The fourth-order valence-corrected chi connectivity index (χ4v) is 1.76. The Labute approximate surface area is 103 Å². The molecule has 0 saturated carbocycles. The van der Waals surface area contributed by atoms with Crippen LogP contribution in [0.2, 0.25) is 0 Å². The predicted molar refractivity (Wildman–Crippen MR) is 66.0 cm³/mol. The standard InChI is InChI=1S/C11H10N4OS/c1-17-9-3-2-5-13-10(9)15-11(16)8-4-6-12-7-14-8/h2-7H,1H3,(H,13,15,16). The van der Waals surface area contributed by atoms with Crippen molar-refractivity contribution in [2.75, 3.05) is 11.6 Å². The van der Waals surface area contributed by atoms with Gasteiger partial charge in [-0.25, -0.2) is 15.0 Å². The van der Waals surface area contributed by atoms with Crippen molar-refractivity contribution in [2.45, 2.75) is 4.90 Å². The first-order valence-electron chi connectivity index (χ1n) is 4.87. The minimum absolute atomic E-state index is 0.290. The molecule has 0 bridgehead atoms. The number of amides is 1. The highest BCUT2D eigenvalue weighted by molar-refractivity contribution is 7.98. The number of anilines is 1. The van der Waals surface area contributed by atoms with Gasteiger partial charge in [0.25, 0.3) is 5.91 Å². The second-order valence-electron chi connectivity index (χ2n) is 3.10. The summed E-state index contributed by atoms with van der Waals surface area (Å²) in [6.07, 6.45) is 6.42. The monoisotopic (exact) mass is 246 g/mol. The first kappa shape index (κ1) is 11.5. The fraction of sp³-hybridized carbons (Fsp3) is 0.0909. The summed E-state index contributed by atoms with van der Waals surface area (Å²) in [5, 5.41) is 2.72. The number of carbonyl (C=O) groups is 1. The van der Waals surface area contributed by atoms with Gasteiger partial charge in [0.1, 0.15) is 17.8 Å². The smallest absolute Gasteiger partial charge is 0.275 e. The molecule has 0 unspecified atom stereocenters. The van der Waals surface area contributed by atoms with Crippen LogP contribution in [0.3, 0.4) is 0 Å². The molecule has 2 aromatic heterocycles. The summed E-state index contributed by atoms with van der Waals surface area (Å²) in [6, 6.07) is 5.27. The lowest BCUT2D eigenvalue weighted by Crippen LogP contribution is -2.15. The van der Waals surface area contributed by atoms with Crippen LogP contribution in [0.15, 0.2) is 41.8 Å². The first-order valence-corrected chi connectivity index (χ1v) is 6.10. The van der Waals surface area contributed by atoms with Gasteiger partial charge in [-0.15, -0.1) is 11.8 Å². The van der Waals surface area contributed by atoms with Crippen LogP contribution in [0.5, 0.6) is 0 Å². The van der Waals surface area contributed by atoms with E-state index in [4.69, 9.17) is 0 Å². The number of carbonyl (C=O) groups excluding carboxylic acids is 1. The Hall–Kier alpha value is -1.95. The van der Waals surface area contributed by atoms with Crippen LogP contribution in [-0.4, -0.2) is 27.1 Å². The summed E-state index contributed by atoms with van der Waals surface area (Å²) in [7, 11) is 0. The van der Waals surface area contributed by atoms with Gasteiger partial charge < -0.3 is 5.32 Å². The minimum Gasteiger partial charge on any atom is -0.304 e. The van der Waals surface area contributed by atoms with Gasteiger partial charge in [0.15, 0.2) is 0 Å². The molecule has 86 valence electrons. The molecular weight excluding hydrogens is 236 g/mol. The maximum atomic E-state index is 11.8. The molecule has 0 atom stereocenters. The van der Waals surface area contributed by atoms with Gasteiger partial charge >= 0.3 is 0 Å². The lowest BCUT2D eigenvalue weighted by atomic mass is 10.3. The summed E-state index contributed by atoms with van der Waals surface area (Å²) in [5.74, 6) is 0.255. The number of thioether (sulfide) groups is 1. The zero-order valence-electron chi connectivity index (χ0n) is 9.12. The number of rotatable bonds is 3. The molecule has 0 aliphatic carbocycles. The van der Waals surface area contributed by atoms with E-state index in [2.05, 4.69) is 20.3 Å². The number of hydrogen-bond donors (Lipinski definition) is 1. The highest BCUT2D eigenvalue weighted by atomic mass is 32.2. The molecule has 0 aliphatic heterocycles. The summed E-state index contributed by atoms with van der Waals surface area (Å²) in [5.41, 5.74) is 0.317. The maximum absolute atomic E-state index is 11.8. The normalized spacial score (nSPS) is 9.94. The first-order chi connectivity index (χ1) is 8.31. The highest BCUT2D eigenvalue weighted by Crippen LogP contribution is 2.22. The molecule has 1 amide bonds. The lowest BCUT2D eigenvalue weighted by molar-refractivity contribution is 0.102. The number of nitrogens with zero attached hydrogens (tertiary/aromatic N) is 3. The van der Waals surface area contributed by atoms with E-state index in [0.29, 0.717) is 11.5 Å². The third kappa shape index (κ3) is 2.79. The largest absolute Gasteiger partial charge is 0.304 e. The van der Waals surface area contributed by atoms with Crippen LogP contribution in [-0.2, 0) is 0 Å². The van der Waals surface area contributed by atoms with E-state index < -0.39 is 0 Å². The molecule has 2 heterocycles. The van der Waals surface area contributed by atoms with Gasteiger partial charge in [0, 0.05) is 17.3 Å². The van der Waals surface area contributed by atoms with Gasteiger partial charge in [0.05, 0.1) is 0 Å². The number of aromatic nitrogens is 3. The Bertz CT molecular complexity index is 518. The molecule has 0 fully saturated rings. The van der Waals surface area contributed by atoms with E-state index in [-0.39, 0.29) is 5.91 Å². The van der Waals surface area contributed by atoms with Gasteiger partial charge in [-0.05, 0) is 24.5 Å². The van der Waals surface area contributed by atoms with Crippen molar-refractivity contribution >= 4 is 23.5 Å². The quantitative estimate of drug-likeness (QED) is 0.837. The van der Waals surface area contributed by atoms with Crippen molar-refractivity contribution in [3.63, 3.8) is 0 Å². The highest BCUT2D eigenvalue weighted by Gasteiger charge is 2.10. The Morgan fingerprint density at radius 3 is 2.88 bits per heavy atom. The van der Waals surface area contributed by atoms with E-state index in [9.17, 15) is 4.79 Å². The van der Waals surface area contributed by atoms with Gasteiger partial charge in [-0.2, -0.15) is 0 Å². The van der Waals surface area contributed by atoms with Gasteiger partial charge in [-0.1, -0.05) is 0 Å². The Kier molecular flexibility index (Phi) is 3.66. The Morgan fingerprint density at radius 1 is 1.29 bits per heavy atom. The van der Waals surface area contributed by atoms with E-state index in [1.54, 1.807) is 12.3 Å². The van der Waals surface area contributed by atoms with Crippen LogP contribution in [0.1, 0.15) is 10.5 Å². The SMILES string of the molecule is CSc1cccnc1NC(=O)c1ccncn1. The molecule has 17 heavy (non-hydrogen) atoms. The van der Waals surface area contributed by atoms with E-state index in [1.807, 2.05) is 18.4 Å². The number of nitrogens with one attached hydrogen (secondary N) is 1. The molecule has 0 aromatic carbocycles. The van der Waals surface area contributed by atoms with Crippen molar-refractivity contribution in [3.05, 3.63) is 42.6 Å². The van der Waals surface area contributed by atoms with Crippen LogP contribution in [0, 0.1) is 0 Å². The molecule has 1 N–H and O–H groups in total. The molecule has 0 aliphatic rings. The number of hydrogen-bond acceptors (Lipinski definition) is 5. The molecular formula is C11H10N4OS. The molecule has 0 saturated heterocycles. The predicted octanol–water partition coefficient (Wildman–Crippen LogP) is 1.85. The number of pyridine rings is 1. The molecule has 2 aromatic rings. The van der Waals surface area contributed by atoms with Crippen LogP contribution in [0.4, 0.5) is 5.82 Å². The fourth-order valence-electron chi connectivity index (χ4n) is 1.25. The average molecular weight is 246 g/mol. The van der Waals surface area contributed by atoms with Gasteiger partial charge in [0.2, 0.25) is 0 Å². The third-order valence-corrected chi connectivity index (χ3v) is 2.81. The van der Waals surface area contributed by atoms with Crippen molar-refractivity contribution < 1.29 is 4.79 Å². The lowest BCUT2D eigenvalue weighted by Gasteiger charge is -2.06. The summed E-state index contributed by atoms with van der Waals surface area (Å²) in [4.78, 5) is 24.5.